The van der Waals surface area contributed by atoms with Crippen LogP contribution >= 0.6 is 23.2 Å². The summed E-state index contributed by atoms with van der Waals surface area (Å²) >= 11 is 12.1. The number of rotatable bonds is 4. The smallest absolute Gasteiger partial charge is 0.225 e. The second kappa shape index (κ2) is 6.74. The van der Waals surface area contributed by atoms with E-state index in [0.717, 1.165) is 5.56 Å². The average molecular weight is 353 g/mol. The summed E-state index contributed by atoms with van der Waals surface area (Å²) in [5.74, 6) is 0.326. The van der Waals surface area contributed by atoms with Crippen LogP contribution in [0.25, 0.3) is 0 Å². The number of fused-ring (bicyclic) bond motifs is 1. The SMILES string of the molecule is O=C(Cc1c(Cl)cc(Cl)cc1CO)NC1COc2ncccc21. The van der Waals surface area contributed by atoms with E-state index in [1.54, 1.807) is 24.4 Å². The standard InChI is InChI=1S/C16H14Cl2N2O3/c17-10-4-9(7-21)12(13(18)5-10)6-15(22)20-14-8-23-16-11(14)2-1-3-19-16/h1-5,14,21H,6-8H2,(H,20,22). The lowest BCUT2D eigenvalue weighted by atomic mass is 10.0. The average Bonchev–Trinajstić information content (AvgIpc) is 2.93. The summed E-state index contributed by atoms with van der Waals surface area (Å²) in [5, 5.41) is 13.1. The highest BCUT2D eigenvalue weighted by Crippen LogP contribution is 2.30. The van der Waals surface area contributed by atoms with Crippen molar-refractivity contribution < 1.29 is 14.6 Å². The van der Waals surface area contributed by atoms with Crippen molar-refractivity contribution in [2.45, 2.75) is 19.1 Å². The Kier molecular flexibility index (Phi) is 4.71. The third-order valence-corrected chi connectivity index (χ3v) is 4.21. The number of hydrogen-bond donors (Lipinski definition) is 2. The van der Waals surface area contributed by atoms with Gasteiger partial charge in [-0.05, 0) is 35.4 Å². The zero-order chi connectivity index (χ0) is 16.4. The Morgan fingerprint density at radius 2 is 2.26 bits per heavy atom. The molecule has 2 N–H and O–H groups in total. The molecule has 120 valence electrons. The maximum Gasteiger partial charge on any atom is 0.225 e. The molecule has 0 bridgehead atoms. The molecular formula is C16H14Cl2N2O3. The van der Waals surface area contributed by atoms with Crippen LogP contribution in [0.4, 0.5) is 0 Å². The minimum Gasteiger partial charge on any atom is -0.475 e. The Hall–Kier alpha value is -1.82. The third kappa shape index (κ3) is 3.42. The van der Waals surface area contributed by atoms with Crippen LogP contribution in [-0.4, -0.2) is 22.6 Å². The van der Waals surface area contributed by atoms with Gasteiger partial charge >= 0.3 is 0 Å². The highest BCUT2D eigenvalue weighted by atomic mass is 35.5. The molecule has 1 aliphatic rings. The largest absolute Gasteiger partial charge is 0.475 e. The fraction of sp³-hybridized carbons (Fsp3) is 0.250. The Labute approximate surface area is 143 Å². The first-order valence-corrected chi connectivity index (χ1v) is 7.79. The van der Waals surface area contributed by atoms with Gasteiger partial charge in [-0.25, -0.2) is 4.98 Å². The lowest BCUT2D eigenvalue weighted by Gasteiger charge is -2.14. The second-order valence-electron chi connectivity index (χ2n) is 5.19. The summed E-state index contributed by atoms with van der Waals surface area (Å²) in [5.41, 5.74) is 1.97. The molecule has 1 aromatic carbocycles. The van der Waals surface area contributed by atoms with Gasteiger partial charge in [-0.1, -0.05) is 23.2 Å². The Bertz CT molecular complexity index is 752. The van der Waals surface area contributed by atoms with Gasteiger partial charge in [-0.15, -0.1) is 0 Å². The van der Waals surface area contributed by atoms with Crippen LogP contribution in [0.15, 0.2) is 30.5 Å². The van der Waals surface area contributed by atoms with E-state index in [2.05, 4.69) is 10.3 Å². The molecule has 7 heteroatoms. The van der Waals surface area contributed by atoms with Crippen molar-refractivity contribution in [1.29, 1.82) is 0 Å². The third-order valence-electron chi connectivity index (χ3n) is 3.66. The van der Waals surface area contributed by atoms with Gasteiger partial charge in [0.1, 0.15) is 6.61 Å². The molecule has 3 rings (SSSR count). The predicted octanol–water partition coefficient (Wildman–Crippen LogP) is 2.67. The lowest BCUT2D eigenvalue weighted by molar-refractivity contribution is -0.121. The molecule has 0 aliphatic carbocycles. The topological polar surface area (TPSA) is 71.5 Å². The molecule has 1 unspecified atom stereocenters. The number of nitrogens with one attached hydrogen (secondary N) is 1. The summed E-state index contributed by atoms with van der Waals surface area (Å²) in [6, 6.07) is 6.59. The molecule has 2 aromatic rings. The van der Waals surface area contributed by atoms with Gasteiger partial charge < -0.3 is 15.2 Å². The van der Waals surface area contributed by atoms with Crippen LogP contribution in [0.2, 0.25) is 10.0 Å². The van der Waals surface area contributed by atoms with Crippen LogP contribution in [0.3, 0.4) is 0 Å². The van der Waals surface area contributed by atoms with Crippen LogP contribution in [0.1, 0.15) is 22.7 Å². The number of benzene rings is 1. The van der Waals surface area contributed by atoms with Crippen LogP contribution < -0.4 is 10.1 Å². The Morgan fingerprint density at radius 3 is 3.04 bits per heavy atom. The number of carbonyl (C=O) groups is 1. The van der Waals surface area contributed by atoms with Crippen molar-refractivity contribution in [3.63, 3.8) is 0 Å². The van der Waals surface area contributed by atoms with E-state index in [4.69, 9.17) is 27.9 Å². The van der Waals surface area contributed by atoms with E-state index in [9.17, 15) is 9.90 Å². The van der Waals surface area contributed by atoms with Gasteiger partial charge in [0.05, 0.1) is 19.1 Å². The van der Waals surface area contributed by atoms with Crippen LogP contribution in [0, 0.1) is 0 Å². The zero-order valence-corrected chi connectivity index (χ0v) is 13.6. The Balaban J connectivity index is 1.74. The van der Waals surface area contributed by atoms with E-state index in [1.165, 1.54) is 0 Å². The number of halogens is 2. The molecule has 23 heavy (non-hydrogen) atoms. The molecule has 0 fully saturated rings. The molecular weight excluding hydrogens is 339 g/mol. The van der Waals surface area contributed by atoms with Gasteiger partial charge in [0.25, 0.3) is 0 Å². The molecule has 0 spiro atoms. The molecule has 0 radical (unpaired) electrons. The fourth-order valence-corrected chi connectivity index (χ4v) is 3.16. The molecule has 1 atom stereocenters. The number of aliphatic hydroxyl groups is 1. The van der Waals surface area contributed by atoms with E-state index in [0.29, 0.717) is 33.7 Å². The number of ether oxygens (including phenoxy) is 1. The summed E-state index contributed by atoms with van der Waals surface area (Å²) in [6.45, 7) is 0.113. The first-order valence-electron chi connectivity index (χ1n) is 7.03. The van der Waals surface area contributed by atoms with Crippen molar-refractivity contribution in [3.05, 3.63) is 57.2 Å². The molecule has 2 heterocycles. The van der Waals surface area contributed by atoms with E-state index in [-0.39, 0.29) is 25.0 Å². The quantitative estimate of drug-likeness (QED) is 0.887. The van der Waals surface area contributed by atoms with Gasteiger partial charge in [0.2, 0.25) is 11.8 Å². The van der Waals surface area contributed by atoms with Crippen molar-refractivity contribution in [1.82, 2.24) is 10.3 Å². The first-order chi connectivity index (χ1) is 11.1. The van der Waals surface area contributed by atoms with E-state index >= 15 is 0 Å². The van der Waals surface area contributed by atoms with Gasteiger partial charge in [-0.3, -0.25) is 4.79 Å². The molecule has 1 amide bonds. The summed E-state index contributed by atoms with van der Waals surface area (Å²) in [4.78, 5) is 16.4. The summed E-state index contributed by atoms with van der Waals surface area (Å²) in [7, 11) is 0. The predicted molar refractivity (Wildman–Crippen MR) is 86.7 cm³/mol. The van der Waals surface area contributed by atoms with Crippen molar-refractivity contribution in [3.8, 4) is 5.88 Å². The van der Waals surface area contributed by atoms with Crippen LogP contribution in [-0.2, 0) is 17.8 Å². The number of pyridine rings is 1. The normalized spacial score (nSPS) is 15.9. The van der Waals surface area contributed by atoms with E-state index in [1.807, 2.05) is 6.07 Å². The number of carbonyl (C=O) groups excluding carboxylic acids is 1. The number of hydrogen-bond acceptors (Lipinski definition) is 4. The minimum atomic E-state index is -0.241. The number of aliphatic hydroxyl groups excluding tert-OH is 1. The first kappa shape index (κ1) is 16.1. The fourth-order valence-electron chi connectivity index (χ4n) is 2.56. The maximum atomic E-state index is 12.3. The van der Waals surface area contributed by atoms with Crippen molar-refractivity contribution in [2.75, 3.05) is 6.61 Å². The van der Waals surface area contributed by atoms with Crippen molar-refractivity contribution >= 4 is 29.1 Å². The van der Waals surface area contributed by atoms with Gasteiger partial charge in [0.15, 0.2) is 0 Å². The second-order valence-corrected chi connectivity index (χ2v) is 6.03. The summed E-state index contributed by atoms with van der Waals surface area (Å²) < 4.78 is 5.44. The maximum absolute atomic E-state index is 12.3. The molecule has 1 aromatic heterocycles. The van der Waals surface area contributed by atoms with E-state index < -0.39 is 0 Å². The van der Waals surface area contributed by atoms with Gasteiger partial charge in [0, 0.05) is 21.8 Å². The minimum absolute atomic E-state index is 0.0536. The highest BCUT2D eigenvalue weighted by Gasteiger charge is 2.26. The number of amides is 1. The highest BCUT2D eigenvalue weighted by molar-refractivity contribution is 6.35. The molecule has 0 saturated carbocycles. The molecule has 5 nitrogen and oxygen atoms in total. The van der Waals surface area contributed by atoms with Crippen molar-refractivity contribution in [2.24, 2.45) is 0 Å². The monoisotopic (exact) mass is 352 g/mol. The van der Waals surface area contributed by atoms with Crippen LogP contribution in [0.5, 0.6) is 5.88 Å². The van der Waals surface area contributed by atoms with Gasteiger partial charge in [-0.2, -0.15) is 0 Å². The zero-order valence-electron chi connectivity index (χ0n) is 12.1. The molecule has 0 saturated heterocycles. The Morgan fingerprint density at radius 1 is 1.43 bits per heavy atom. The molecule has 1 aliphatic heterocycles. The lowest BCUT2D eigenvalue weighted by Crippen LogP contribution is -2.31. The summed E-state index contributed by atoms with van der Waals surface area (Å²) in [6.07, 6.45) is 1.70. The number of aromatic nitrogens is 1. The number of nitrogens with zero attached hydrogens (tertiary/aromatic N) is 1.